The van der Waals surface area contributed by atoms with E-state index in [9.17, 15) is 27.2 Å². The van der Waals surface area contributed by atoms with Crippen LogP contribution >= 0.6 is 0 Å². The maximum absolute atomic E-state index is 13.7. The van der Waals surface area contributed by atoms with Crippen molar-refractivity contribution in [1.82, 2.24) is 4.98 Å². The summed E-state index contributed by atoms with van der Waals surface area (Å²) in [6, 6.07) is 1.10. The largest absolute Gasteiger partial charge is 0.461 e. The fourth-order valence-corrected chi connectivity index (χ4v) is 1.43. The van der Waals surface area contributed by atoms with Gasteiger partial charge in [-0.15, -0.1) is 0 Å². The number of carbonyl (C=O) groups excluding carboxylic acids is 2. The highest BCUT2D eigenvalue weighted by molar-refractivity contribution is 5.80. The first kappa shape index (κ1) is 17.9. The molecule has 1 aromatic heterocycles. The number of esters is 2. The average molecular weight is 323 g/mol. The van der Waals surface area contributed by atoms with Gasteiger partial charge in [-0.25, -0.2) is 9.59 Å². The van der Waals surface area contributed by atoms with E-state index < -0.39 is 35.0 Å². The Morgan fingerprint density at radius 3 is 1.91 bits per heavy atom. The van der Waals surface area contributed by atoms with Gasteiger partial charge in [-0.2, -0.15) is 17.6 Å². The molecule has 0 aromatic carbocycles. The molecule has 5 nitrogen and oxygen atoms in total. The van der Waals surface area contributed by atoms with Crippen molar-refractivity contribution in [2.45, 2.75) is 25.7 Å². The Balaban J connectivity index is 3.04. The fraction of sp³-hybridized carbons (Fsp3) is 0.462. The van der Waals surface area contributed by atoms with Gasteiger partial charge in [-0.1, -0.05) is 0 Å². The van der Waals surface area contributed by atoms with Crippen LogP contribution < -0.4 is 0 Å². The molecule has 0 aliphatic rings. The molecule has 0 amide bonds. The van der Waals surface area contributed by atoms with Gasteiger partial charge in [-0.05, 0) is 26.0 Å². The molecule has 0 aliphatic carbocycles. The molecule has 0 spiro atoms. The third-order valence-electron chi connectivity index (χ3n) is 2.51. The van der Waals surface area contributed by atoms with Gasteiger partial charge in [0.15, 0.2) is 0 Å². The van der Waals surface area contributed by atoms with E-state index in [1.807, 2.05) is 0 Å². The minimum Gasteiger partial charge on any atom is -0.461 e. The van der Waals surface area contributed by atoms with Crippen LogP contribution in [0.1, 0.15) is 25.1 Å². The SMILES string of the molecule is CCOC(=O)C(F)(F)c1ccc(C(F)(F)C(=O)OCC)nc1. The second-order valence-corrected chi connectivity index (χ2v) is 4.02. The zero-order chi connectivity index (χ0) is 17.0. The number of halogens is 4. The quantitative estimate of drug-likeness (QED) is 0.594. The first-order chi connectivity index (χ1) is 10.2. The van der Waals surface area contributed by atoms with Gasteiger partial charge in [0.25, 0.3) is 0 Å². The number of hydrogen-bond acceptors (Lipinski definition) is 5. The molecule has 0 aliphatic heterocycles. The lowest BCUT2D eigenvalue weighted by Gasteiger charge is -2.17. The van der Waals surface area contributed by atoms with Gasteiger partial charge < -0.3 is 9.47 Å². The zero-order valence-corrected chi connectivity index (χ0v) is 11.7. The molecule has 0 saturated heterocycles. The Hall–Kier alpha value is -2.19. The van der Waals surface area contributed by atoms with Crippen molar-refractivity contribution in [3.63, 3.8) is 0 Å². The van der Waals surface area contributed by atoms with Crippen molar-refractivity contribution in [3.8, 4) is 0 Å². The first-order valence-electron chi connectivity index (χ1n) is 6.25. The molecule has 22 heavy (non-hydrogen) atoms. The lowest BCUT2D eigenvalue weighted by atomic mass is 10.1. The summed E-state index contributed by atoms with van der Waals surface area (Å²) in [6.07, 6.45) is 0.388. The molecule has 0 radical (unpaired) electrons. The second-order valence-electron chi connectivity index (χ2n) is 4.02. The molecule has 9 heteroatoms. The van der Waals surface area contributed by atoms with E-state index in [1.165, 1.54) is 13.8 Å². The molecule has 0 unspecified atom stereocenters. The van der Waals surface area contributed by atoms with E-state index in [2.05, 4.69) is 14.5 Å². The molecule has 1 aromatic rings. The molecule has 0 N–H and O–H groups in total. The highest BCUT2D eigenvalue weighted by Crippen LogP contribution is 2.32. The summed E-state index contributed by atoms with van der Waals surface area (Å²) in [4.78, 5) is 25.3. The van der Waals surface area contributed by atoms with Crippen LogP contribution in [0.4, 0.5) is 17.6 Å². The number of carbonyl (C=O) groups is 2. The third kappa shape index (κ3) is 3.52. The summed E-state index contributed by atoms with van der Waals surface area (Å²) in [5.74, 6) is -11.8. The van der Waals surface area contributed by atoms with Crippen molar-refractivity contribution in [3.05, 3.63) is 29.6 Å². The Kier molecular flexibility index (Phi) is 5.45. The first-order valence-corrected chi connectivity index (χ1v) is 6.25. The van der Waals surface area contributed by atoms with E-state index in [0.29, 0.717) is 18.3 Å². The lowest BCUT2D eigenvalue weighted by molar-refractivity contribution is -0.174. The minimum absolute atomic E-state index is 0.263. The molecule has 0 saturated carbocycles. The molecule has 1 heterocycles. The molecule has 0 fully saturated rings. The van der Waals surface area contributed by atoms with Crippen LogP contribution in [-0.4, -0.2) is 30.1 Å². The topological polar surface area (TPSA) is 65.5 Å². The number of nitrogens with zero attached hydrogens (tertiary/aromatic N) is 1. The number of aromatic nitrogens is 1. The Labute approximate surface area is 123 Å². The van der Waals surface area contributed by atoms with Crippen molar-refractivity contribution >= 4 is 11.9 Å². The summed E-state index contributed by atoms with van der Waals surface area (Å²) in [7, 11) is 0. The highest BCUT2D eigenvalue weighted by atomic mass is 19.3. The molecular formula is C13H13F4NO4. The van der Waals surface area contributed by atoms with Crippen LogP contribution in [0, 0.1) is 0 Å². The summed E-state index contributed by atoms with van der Waals surface area (Å²) >= 11 is 0. The third-order valence-corrected chi connectivity index (χ3v) is 2.51. The van der Waals surface area contributed by atoms with Crippen molar-refractivity contribution in [2.24, 2.45) is 0 Å². The Bertz CT molecular complexity index is 496. The van der Waals surface area contributed by atoms with Gasteiger partial charge in [-0.3, -0.25) is 4.98 Å². The molecule has 0 atom stereocenters. The molecular weight excluding hydrogens is 310 g/mol. The number of pyridine rings is 1. The van der Waals surface area contributed by atoms with Crippen LogP contribution in [0.5, 0.6) is 0 Å². The number of ether oxygens (including phenoxy) is 2. The van der Waals surface area contributed by atoms with Crippen LogP contribution in [0.3, 0.4) is 0 Å². The Morgan fingerprint density at radius 2 is 1.50 bits per heavy atom. The molecule has 1 rings (SSSR count). The van der Waals surface area contributed by atoms with Gasteiger partial charge in [0.1, 0.15) is 5.69 Å². The average Bonchev–Trinajstić information content (AvgIpc) is 2.47. The maximum atomic E-state index is 13.7. The van der Waals surface area contributed by atoms with Crippen LogP contribution in [0.15, 0.2) is 18.3 Å². The monoisotopic (exact) mass is 323 g/mol. The standard InChI is InChI=1S/C13H13F4NO4/c1-3-21-10(19)12(14,15)8-5-6-9(18-7-8)13(16,17)11(20)22-4-2/h5-7H,3-4H2,1-2H3. The van der Waals surface area contributed by atoms with Gasteiger partial charge in [0.05, 0.1) is 18.8 Å². The Morgan fingerprint density at radius 1 is 1.00 bits per heavy atom. The van der Waals surface area contributed by atoms with Crippen molar-refractivity contribution < 1.29 is 36.6 Å². The summed E-state index contributed by atoms with van der Waals surface area (Å²) in [5.41, 5.74) is -1.98. The van der Waals surface area contributed by atoms with Crippen molar-refractivity contribution in [1.29, 1.82) is 0 Å². The van der Waals surface area contributed by atoms with E-state index in [0.717, 1.165) is 0 Å². The number of hydrogen-bond donors (Lipinski definition) is 0. The highest BCUT2D eigenvalue weighted by Gasteiger charge is 2.46. The van der Waals surface area contributed by atoms with E-state index >= 15 is 0 Å². The summed E-state index contributed by atoms with van der Waals surface area (Å²) in [5, 5.41) is 0. The van der Waals surface area contributed by atoms with Gasteiger partial charge in [0.2, 0.25) is 0 Å². The molecule has 122 valence electrons. The van der Waals surface area contributed by atoms with E-state index in [4.69, 9.17) is 0 Å². The van der Waals surface area contributed by atoms with E-state index in [1.54, 1.807) is 0 Å². The predicted molar refractivity (Wildman–Crippen MR) is 65.3 cm³/mol. The van der Waals surface area contributed by atoms with Crippen LogP contribution in [0.25, 0.3) is 0 Å². The van der Waals surface area contributed by atoms with Gasteiger partial charge in [0, 0.05) is 6.20 Å². The van der Waals surface area contributed by atoms with Crippen LogP contribution in [0.2, 0.25) is 0 Å². The van der Waals surface area contributed by atoms with Gasteiger partial charge >= 0.3 is 23.8 Å². The fourth-order valence-electron chi connectivity index (χ4n) is 1.43. The summed E-state index contributed by atoms with van der Waals surface area (Å²) < 4.78 is 62.9. The van der Waals surface area contributed by atoms with Crippen LogP contribution in [-0.2, 0) is 30.9 Å². The lowest BCUT2D eigenvalue weighted by Crippen LogP contribution is -2.31. The predicted octanol–water partition coefficient (Wildman–Crippen LogP) is 2.39. The number of alkyl halides is 4. The number of rotatable bonds is 6. The summed E-state index contributed by atoms with van der Waals surface area (Å²) in [6.45, 7) is 2.15. The second kappa shape index (κ2) is 6.71. The normalized spacial score (nSPS) is 11.9. The van der Waals surface area contributed by atoms with E-state index in [-0.39, 0.29) is 13.2 Å². The molecule has 0 bridgehead atoms. The smallest absolute Gasteiger partial charge is 0.384 e. The minimum atomic E-state index is -4.08. The van der Waals surface area contributed by atoms with Crippen molar-refractivity contribution in [2.75, 3.05) is 13.2 Å². The zero-order valence-electron chi connectivity index (χ0n) is 11.7. The maximum Gasteiger partial charge on any atom is 0.384 e.